The van der Waals surface area contributed by atoms with E-state index in [1.807, 2.05) is 29.8 Å². The average molecular weight is 301 g/mol. The molecule has 0 radical (unpaired) electrons. The number of hydrogen-bond acceptors (Lipinski definition) is 4. The molecule has 0 spiro atoms. The van der Waals surface area contributed by atoms with Crippen LogP contribution in [0.15, 0.2) is 36.7 Å². The van der Waals surface area contributed by atoms with Gasteiger partial charge in [0.05, 0.1) is 0 Å². The van der Waals surface area contributed by atoms with Gasteiger partial charge in [0.2, 0.25) is 0 Å². The second-order valence-electron chi connectivity index (χ2n) is 5.57. The third-order valence-electron chi connectivity index (χ3n) is 4.12. The fourth-order valence-corrected chi connectivity index (χ4v) is 3.89. The summed E-state index contributed by atoms with van der Waals surface area (Å²) >= 11 is 1.90. The first kappa shape index (κ1) is 14.7. The quantitative estimate of drug-likeness (QED) is 0.863. The van der Waals surface area contributed by atoms with Gasteiger partial charge in [-0.2, -0.15) is 0 Å². The molecule has 0 bridgehead atoms. The molecule has 3 rings (SSSR count). The van der Waals surface area contributed by atoms with Crippen molar-refractivity contribution in [3.05, 3.63) is 41.5 Å². The Morgan fingerprint density at radius 1 is 1.10 bits per heavy atom. The lowest BCUT2D eigenvalue weighted by atomic mass is 10.2. The summed E-state index contributed by atoms with van der Waals surface area (Å²) in [6.45, 7) is 9.38. The summed E-state index contributed by atoms with van der Waals surface area (Å²) in [5.74, 6) is 0. The van der Waals surface area contributed by atoms with Crippen molar-refractivity contribution in [2.24, 2.45) is 0 Å². The summed E-state index contributed by atoms with van der Waals surface area (Å²) in [5, 5.41) is 0. The second kappa shape index (κ2) is 7.16. The van der Waals surface area contributed by atoms with E-state index in [1.165, 1.54) is 54.5 Å². The van der Waals surface area contributed by atoms with Gasteiger partial charge in [-0.3, -0.25) is 9.88 Å². The van der Waals surface area contributed by atoms with Crippen molar-refractivity contribution in [1.82, 2.24) is 14.8 Å². The molecule has 2 aromatic heterocycles. The van der Waals surface area contributed by atoms with E-state index in [0.29, 0.717) is 0 Å². The van der Waals surface area contributed by atoms with Crippen LogP contribution in [0.2, 0.25) is 0 Å². The highest BCUT2D eigenvalue weighted by Gasteiger charge is 2.14. The van der Waals surface area contributed by atoms with E-state index in [4.69, 9.17) is 0 Å². The van der Waals surface area contributed by atoms with Crippen molar-refractivity contribution in [3.63, 3.8) is 0 Å². The summed E-state index contributed by atoms with van der Waals surface area (Å²) < 4.78 is 0. The SMILES string of the molecule is CCN1CCCN(Cc2ccc(-c3cccnc3)s2)CC1. The highest BCUT2D eigenvalue weighted by atomic mass is 32.1. The maximum Gasteiger partial charge on any atom is 0.0361 e. The highest BCUT2D eigenvalue weighted by Crippen LogP contribution is 2.28. The van der Waals surface area contributed by atoms with Crippen LogP contribution < -0.4 is 0 Å². The number of thiophene rings is 1. The van der Waals surface area contributed by atoms with Crippen LogP contribution in [0, 0.1) is 0 Å². The molecule has 4 heteroatoms. The second-order valence-corrected chi connectivity index (χ2v) is 6.74. The van der Waals surface area contributed by atoms with Gasteiger partial charge in [0.25, 0.3) is 0 Å². The van der Waals surface area contributed by atoms with Crippen LogP contribution in [0.4, 0.5) is 0 Å². The first-order valence-corrected chi connectivity index (χ1v) is 8.60. The van der Waals surface area contributed by atoms with Gasteiger partial charge >= 0.3 is 0 Å². The van der Waals surface area contributed by atoms with Crippen LogP contribution in [-0.4, -0.2) is 47.5 Å². The molecule has 1 saturated heterocycles. The highest BCUT2D eigenvalue weighted by molar-refractivity contribution is 7.15. The smallest absolute Gasteiger partial charge is 0.0361 e. The predicted octanol–water partition coefficient (Wildman–Crippen LogP) is 3.34. The van der Waals surface area contributed by atoms with E-state index in [-0.39, 0.29) is 0 Å². The Morgan fingerprint density at radius 2 is 1.95 bits per heavy atom. The lowest BCUT2D eigenvalue weighted by Crippen LogP contribution is -2.30. The fraction of sp³-hybridized carbons (Fsp3) is 0.471. The van der Waals surface area contributed by atoms with Gasteiger partial charge in [0.1, 0.15) is 0 Å². The molecular weight excluding hydrogens is 278 g/mol. The fourth-order valence-electron chi connectivity index (χ4n) is 2.85. The Balaban J connectivity index is 1.62. The summed E-state index contributed by atoms with van der Waals surface area (Å²) in [6.07, 6.45) is 5.06. The zero-order chi connectivity index (χ0) is 14.5. The molecule has 1 aliphatic rings. The van der Waals surface area contributed by atoms with E-state index in [2.05, 4.69) is 39.9 Å². The van der Waals surface area contributed by atoms with Crippen LogP contribution >= 0.6 is 11.3 Å². The van der Waals surface area contributed by atoms with Crippen molar-refractivity contribution < 1.29 is 0 Å². The molecule has 0 aromatic carbocycles. The molecule has 0 aliphatic carbocycles. The Morgan fingerprint density at radius 3 is 2.76 bits per heavy atom. The zero-order valence-electron chi connectivity index (χ0n) is 12.7. The number of hydrogen-bond donors (Lipinski definition) is 0. The molecule has 112 valence electrons. The number of pyridine rings is 1. The Kier molecular flexibility index (Phi) is 5.01. The molecule has 0 atom stereocenters. The summed E-state index contributed by atoms with van der Waals surface area (Å²) in [7, 11) is 0. The van der Waals surface area contributed by atoms with Crippen molar-refractivity contribution in [3.8, 4) is 10.4 Å². The van der Waals surface area contributed by atoms with Gasteiger partial charge < -0.3 is 4.90 Å². The normalized spacial score (nSPS) is 17.8. The maximum atomic E-state index is 4.21. The van der Waals surface area contributed by atoms with Gasteiger partial charge in [-0.25, -0.2) is 0 Å². The Bertz CT molecular complexity index is 552. The van der Waals surface area contributed by atoms with Crippen molar-refractivity contribution >= 4 is 11.3 Å². The Labute approximate surface area is 131 Å². The molecule has 2 aromatic rings. The van der Waals surface area contributed by atoms with Crippen molar-refractivity contribution in [2.45, 2.75) is 19.9 Å². The largest absolute Gasteiger partial charge is 0.302 e. The van der Waals surface area contributed by atoms with Crippen LogP contribution in [0.5, 0.6) is 0 Å². The molecule has 1 aliphatic heterocycles. The number of aromatic nitrogens is 1. The molecule has 0 amide bonds. The lowest BCUT2D eigenvalue weighted by molar-refractivity contribution is 0.259. The van der Waals surface area contributed by atoms with E-state index < -0.39 is 0 Å². The predicted molar refractivity (Wildman–Crippen MR) is 89.6 cm³/mol. The summed E-state index contributed by atoms with van der Waals surface area (Å²) in [5.41, 5.74) is 1.22. The van der Waals surface area contributed by atoms with Crippen LogP contribution in [0.1, 0.15) is 18.2 Å². The van der Waals surface area contributed by atoms with Gasteiger partial charge in [0, 0.05) is 47.3 Å². The molecule has 21 heavy (non-hydrogen) atoms. The van der Waals surface area contributed by atoms with Gasteiger partial charge in [-0.15, -0.1) is 11.3 Å². The first-order chi connectivity index (χ1) is 10.3. The number of nitrogens with zero attached hydrogens (tertiary/aromatic N) is 3. The number of likely N-dealkylation sites (N-methyl/N-ethyl adjacent to an activating group) is 1. The third-order valence-corrected chi connectivity index (χ3v) is 5.23. The van der Waals surface area contributed by atoms with Gasteiger partial charge in [-0.05, 0) is 44.3 Å². The van der Waals surface area contributed by atoms with Gasteiger partial charge in [-0.1, -0.05) is 13.0 Å². The van der Waals surface area contributed by atoms with Crippen molar-refractivity contribution in [2.75, 3.05) is 32.7 Å². The van der Waals surface area contributed by atoms with Crippen molar-refractivity contribution in [1.29, 1.82) is 0 Å². The third kappa shape index (κ3) is 3.90. The average Bonchev–Trinajstić information content (AvgIpc) is 2.87. The van der Waals surface area contributed by atoms with E-state index >= 15 is 0 Å². The zero-order valence-corrected chi connectivity index (χ0v) is 13.5. The molecular formula is C17H23N3S. The maximum absolute atomic E-state index is 4.21. The summed E-state index contributed by atoms with van der Waals surface area (Å²) in [4.78, 5) is 12.1. The van der Waals surface area contributed by atoms with E-state index in [1.54, 1.807) is 0 Å². The van der Waals surface area contributed by atoms with E-state index in [9.17, 15) is 0 Å². The first-order valence-electron chi connectivity index (χ1n) is 7.79. The molecule has 3 nitrogen and oxygen atoms in total. The van der Waals surface area contributed by atoms with Gasteiger partial charge in [0.15, 0.2) is 0 Å². The monoisotopic (exact) mass is 301 g/mol. The molecule has 3 heterocycles. The molecule has 0 saturated carbocycles. The standard InChI is InChI=1S/C17H23N3S/c1-2-19-9-4-10-20(12-11-19)14-16-6-7-17(21-16)15-5-3-8-18-13-15/h3,5-8,13H,2,4,9-12,14H2,1H3. The molecule has 0 unspecified atom stereocenters. The van der Waals surface area contributed by atoms with Crippen LogP contribution in [-0.2, 0) is 6.54 Å². The van der Waals surface area contributed by atoms with E-state index in [0.717, 1.165) is 6.54 Å². The molecule has 1 fully saturated rings. The Hall–Kier alpha value is -1.23. The minimum absolute atomic E-state index is 1.09. The lowest BCUT2D eigenvalue weighted by Gasteiger charge is -2.20. The summed E-state index contributed by atoms with van der Waals surface area (Å²) in [6, 6.07) is 8.64. The van der Waals surface area contributed by atoms with Crippen LogP contribution in [0.25, 0.3) is 10.4 Å². The molecule has 0 N–H and O–H groups in total. The minimum Gasteiger partial charge on any atom is -0.302 e. The number of rotatable bonds is 4. The topological polar surface area (TPSA) is 19.4 Å². The van der Waals surface area contributed by atoms with Crippen LogP contribution in [0.3, 0.4) is 0 Å². The minimum atomic E-state index is 1.09.